The highest BCUT2D eigenvalue weighted by molar-refractivity contribution is 5.43. The van der Waals surface area contributed by atoms with Crippen LogP contribution in [0.25, 0.3) is 5.69 Å². The summed E-state index contributed by atoms with van der Waals surface area (Å²) in [5.74, 6) is 1.46. The van der Waals surface area contributed by atoms with Gasteiger partial charge in [-0.25, -0.2) is 4.68 Å². The lowest BCUT2D eigenvalue weighted by Gasteiger charge is -2.30. The predicted octanol–water partition coefficient (Wildman–Crippen LogP) is 4.97. The van der Waals surface area contributed by atoms with Crippen molar-refractivity contribution in [2.75, 3.05) is 19.8 Å². The molecule has 0 fully saturated rings. The zero-order valence-electron chi connectivity index (χ0n) is 19.6. The van der Waals surface area contributed by atoms with Crippen LogP contribution in [0.2, 0.25) is 0 Å². The summed E-state index contributed by atoms with van der Waals surface area (Å²) in [6, 6.07) is 20.1. The van der Waals surface area contributed by atoms with Gasteiger partial charge in [-0.2, -0.15) is 5.10 Å². The molecule has 3 rings (SSSR count). The molecule has 3 aromatic rings. The van der Waals surface area contributed by atoms with Crippen molar-refractivity contribution < 1.29 is 14.6 Å². The van der Waals surface area contributed by atoms with E-state index < -0.39 is 6.10 Å². The summed E-state index contributed by atoms with van der Waals surface area (Å²) in [5, 5.41) is 15.3. The smallest absolute Gasteiger partial charge is 0.227 e. The minimum atomic E-state index is -0.549. The van der Waals surface area contributed by atoms with Gasteiger partial charge in [0.1, 0.15) is 5.75 Å². The minimum Gasteiger partial charge on any atom is -0.439 e. The standard InChI is InChI=1S/C26H35N3O3/c1-5-20(3)28(17-23(30)19-31-6-2)18-25-21(4)27-29(22-13-9-7-10-14-22)26(25)32-24-15-11-8-12-16-24/h7-16,20,23,30H,5-6,17-19H2,1-4H3/t20-,23-/m1/s1. The molecule has 1 heterocycles. The van der Waals surface area contributed by atoms with Crippen molar-refractivity contribution in [3.63, 3.8) is 0 Å². The van der Waals surface area contributed by atoms with Crippen LogP contribution in [0, 0.1) is 6.92 Å². The van der Waals surface area contributed by atoms with Gasteiger partial charge in [0, 0.05) is 25.7 Å². The number of aliphatic hydroxyl groups excluding tert-OH is 1. The molecule has 1 aromatic heterocycles. The van der Waals surface area contributed by atoms with E-state index in [1.807, 2.05) is 79.2 Å². The van der Waals surface area contributed by atoms with Gasteiger partial charge >= 0.3 is 0 Å². The molecule has 1 N–H and O–H groups in total. The Morgan fingerprint density at radius 1 is 1.03 bits per heavy atom. The van der Waals surface area contributed by atoms with E-state index in [1.165, 1.54) is 0 Å². The minimum absolute atomic E-state index is 0.287. The molecule has 6 heteroatoms. The van der Waals surface area contributed by atoms with Gasteiger partial charge in [-0.3, -0.25) is 4.90 Å². The summed E-state index contributed by atoms with van der Waals surface area (Å²) in [6.07, 6.45) is 0.425. The number of nitrogens with zero attached hydrogens (tertiary/aromatic N) is 3. The molecule has 0 saturated heterocycles. The maximum Gasteiger partial charge on any atom is 0.227 e. The molecule has 172 valence electrons. The summed E-state index contributed by atoms with van der Waals surface area (Å²) < 4.78 is 13.7. The zero-order chi connectivity index (χ0) is 22.9. The number of para-hydroxylation sites is 2. The number of aromatic nitrogens is 2. The third-order valence-corrected chi connectivity index (χ3v) is 5.63. The van der Waals surface area contributed by atoms with E-state index in [9.17, 15) is 5.11 Å². The number of hydrogen-bond acceptors (Lipinski definition) is 5. The largest absolute Gasteiger partial charge is 0.439 e. The van der Waals surface area contributed by atoms with Crippen molar-refractivity contribution in [2.45, 2.75) is 52.8 Å². The summed E-state index contributed by atoms with van der Waals surface area (Å²) in [7, 11) is 0. The van der Waals surface area contributed by atoms with E-state index in [0.29, 0.717) is 32.2 Å². The van der Waals surface area contributed by atoms with E-state index in [1.54, 1.807) is 0 Å². The Kier molecular flexibility index (Phi) is 8.85. The first-order chi connectivity index (χ1) is 15.5. The van der Waals surface area contributed by atoms with Crippen molar-refractivity contribution in [3.05, 3.63) is 71.9 Å². The van der Waals surface area contributed by atoms with Gasteiger partial charge in [-0.05, 0) is 51.5 Å². The van der Waals surface area contributed by atoms with E-state index in [4.69, 9.17) is 14.6 Å². The van der Waals surface area contributed by atoms with E-state index in [0.717, 1.165) is 29.1 Å². The number of hydrogen-bond donors (Lipinski definition) is 1. The molecule has 0 amide bonds. The number of ether oxygens (including phenoxy) is 2. The SMILES string of the molecule is CCOC[C@H](O)CN(Cc1c(C)nn(-c2ccccc2)c1Oc1ccccc1)[C@H](C)CC. The average molecular weight is 438 g/mol. The molecule has 2 aromatic carbocycles. The molecule has 0 saturated carbocycles. The third-order valence-electron chi connectivity index (χ3n) is 5.63. The fraction of sp³-hybridized carbons (Fsp3) is 0.423. The molecule has 6 nitrogen and oxygen atoms in total. The van der Waals surface area contributed by atoms with Crippen molar-refractivity contribution in [1.82, 2.24) is 14.7 Å². The Balaban J connectivity index is 1.96. The quantitative estimate of drug-likeness (QED) is 0.433. The molecule has 2 atom stereocenters. The normalized spacial score (nSPS) is 13.3. The number of benzene rings is 2. The van der Waals surface area contributed by atoms with E-state index in [-0.39, 0.29) is 6.04 Å². The van der Waals surface area contributed by atoms with Crippen LogP contribution < -0.4 is 4.74 Å². The van der Waals surface area contributed by atoms with E-state index in [2.05, 4.69) is 18.7 Å². The summed E-state index contributed by atoms with van der Waals surface area (Å²) in [6.45, 7) is 10.4. The first-order valence-corrected chi connectivity index (χ1v) is 11.4. The van der Waals surface area contributed by atoms with Gasteiger partial charge in [0.2, 0.25) is 5.88 Å². The van der Waals surface area contributed by atoms with Crippen LogP contribution in [0.3, 0.4) is 0 Å². The van der Waals surface area contributed by atoms with Crippen LogP contribution in [0.4, 0.5) is 0 Å². The molecule has 0 aliphatic carbocycles. The van der Waals surface area contributed by atoms with Crippen molar-refractivity contribution in [1.29, 1.82) is 0 Å². The highest BCUT2D eigenvalue weighted by Gasteiger charge is 2.24. The maximum atomic E-state index is 10.5. The Hall–Kier alpha value is -2.67. The predicted molar refractivity (Wildman–Crippen MR) is 127 cm³/mol. The Morgan fingerprint density at radius 2 is 1.69 bits per heavy atom. The Bertz CT molecular complexity index is 944. The summed E-state index contributed by atoms with van der Waals surface area (Å²) >= 11 is 0. The molecule has 0 spiro atoms. The average Bonchev–Trinajstić information content (AvgIpc) is 3.12. The van der Waals surface area contributed by atoms with Crippen molar-refractivity contribution in [3.8, 4) is 17.3 Å². The molecule has 0 radical (unpaired) electrons. The fourth-order valence-electron chi connectivity index (χ4n) is 3.61. The topological polar surface area (TPSA) is 59.8 Å². The van der Waals surface area contributed by atoms with Crippen molar-refractivity contribution in [2.24, 2.45) is 0 Å². The Labute approximate surface area is 191 Å². The lowest BCUT2D eigenvalue weighted by Crippen LogP contribution is -2.40. The number of rotatable bonds is 12. The van der Waals surface area contributed by atoms with Gasteiger partial charge in [0.25, 0.3) is 0 Å². The first kappa shape index (κ1) is 24.0. The summed E-state index contributed by atoms with van der Waals surface area (Å²) in [5.41, 5.74) is 2.87. The molecule has 32 heavy (non-hydrogen) atoms. The number of aryl methyl sites for hydroxylation is 1. The van der Waals surface area contributed by atoms with E-state index >= 15 is 0 Å². The van der Waals surface area contributed by atoms with Crippen LogP contribution in [-0.2, 0) is 11.3 Å². The van der Waals surface area contributed by atoms with Crippen molar-refractivity contribution >= 4 is 0 Å². The summed E-state index contributed by atoms with van der Waals surface area (Å²) in [4.78, 5) is 2.28. The van der Waals surface area contributed by atoms with Crippen LogP contribution >= 0.6 is 0 Å². The zero-order valence-corrected chi connectivity index (χ0v) is 19.6. The second-order valence-corrected chi connectivity index (χ2v) is 8.03. The molecule has 0 unspecified atom stereocenters. The van der Waals surface area contributed by atoms with Crippen LogP contribution in [-0.4, -0.2) is 51.7 Å². The molecular weight excluding hydrogens is 402 g/mol. The first-order valence-electron chi connectivity index (χ1n) is 11.4. The molecular formula is C26H35N3O3. The van der Waals surface area contributed by atoms with Crippen LogP contribution in [0.5, 0.6) is 11.6 Å². The lowest BCUT2D eigenvalue weighted by molar-refractivity contribution is 0.0111. The molecule has 0 bridgehead atoms. The van der Waals surface area contributed by atoms with Gasteiger partial charge in [-0.1, -0.05) is 43.3 Å². The monoisotopic (exact) mass is 437 g/mol. The van der Waals surface area contributed by atoms with Gasteiger partial charge in [-0.15, -0.1) is 0 Å². The second-order valence-electron chi connectivity index (χ2n) is 8.03. The number of aliphatic hydroxyl groups is 1. The molecule has 0 aliphatic rings. The third kappa shape index (κ3) is 6.19. The maximum absolute atomic E-state index is 10.5. The Morgan fingerprint density at radius 3 is 2.31 bits per heavy atom. The van der Waals surface area contributed by atoms with Gasteiger partial charge < -0.3 is 14.6 Å². The van der Waals surface area contributed by atoms with Crippen LogP contribution in [0.1, 0.15) is 38.4 Å². The molecule has 0 aliphatic heterocycles. The van der Waals surface area contributed by atoms with Gasteiger partial charge in [0.15, 0.2) is 0 Å². The van der Waals surface area contributed by atoms with Crippen LogP contribution in [0.15, 0.2) is 60.7 Å². The van der Waals surface area contributed by atoms with Gasteiger partial charge in [0.05, 0.1) is 29.7 Å². The lowest BCUT2D eigenvalue weighted by atomic mass is 10.1. The second kappa shape index (κ2) is 11.8. The highest BCUT2D eigenvalue weighted by Crippen LogP contribution is 2.32. The fourth-order valence-corrected chi connectivity index (χ4v) is 3.61. The highest BCUT2D eigenvalue weighted by atomic mass is 16.5.